The van der Waals surface area contributed by atoms with E-state index in [2.05, 4.69) is 43.2 Å². The number of hydrogen-bond acceptors (Lipinski definition) is 2. The van der Waals surface area contributed by atoms with E-state index in [0.717, 1.165) is 35.0 Å². The van der Waals surface area contributed by atoms with Gasteiger partial charge < -0.3 is 15.4 Å². The van der Waals surface area contributed by atoms with Gasteiger partial charge in [-0.2, -0.15) is 0 Å². The van der Waals surface area contributed by atoms with Crippen molar-refractivity contribution in [3.05, 3.63) is 59.3 Å². The minimum Gasteiger partial charge on any atom is -0.478 e. The van der Waals surface area contributed by atoms with Crippen LogP contribution < -0.4 is 5.32 Å². The monoisotopic (exact) mass is 348 g/mol. The third kappa shape index (κ3) is 3.19. The molecule has 0 saturated heterocycles. The predicted octanol–water partition coefficient (Wildman–Crippen LogP) is 5.78. The van der Waals surface area contributed by atoms with E-state index in [4.69, 9.17) is 0 Å². The number of rotatable bonds is 4. The number of H-pyrrole nitrogens is 1. The Labute approximate surface area is 153 Å². The van der Waals surface area contributed by atoms with Gasteiger partial charge >= 0.3 is 5.97 Å². The zero-order valence-electron chi connectivity index (χ0n) is 15.4. The summed E-state index contributed by atoms with van der Waals surface area (Å²) in [6, 6.07) is 14.0. The van der Waals surface area contributed by atoms with E-state index in [0.29, 0.717) is 17.2 Å². The molecule has 1 saturated carbocycles. The van der Waals surface area contributed by atoms with Crippen molar-refractivity contribution in [1.29, 1.82) is 0 Å². The molecule has 4 rings (SSSR count). The van der Waals surface area contributed by atoms with Gasteiger partial charge in [0.05, 0.1) is 11.3 Å². The molecule has 2 aromatic carbocycles. The van der Waals surface area contributed by atoms with Crippen molar-refractivity contribution >= 4 is 28.2 Å². The van der Waals surface area contributed by atoms with Gasteiger partial charge in [-0.25, -0.2) is 4.79 Å². The fraction of sp³-hybridized carbons (Fsp3) is 0.318. The molecular weight excluding hydrogens is 324 g/mol. The highest BCUT2D eigenvalue weighted by atomic mass is 16.4. The summed E-state index contributed by atoms with van der Waals surface area (Å²) in [7, 11) is 0. The maximum absolute atomic E-state index is 11.7. The number of aromatic nitrogens is 1. The van der Waals surface area contributed by atoms with E-state index in [9.17, 15) is 9.90 Å². The highest BCUT2D eigenvalue weighted by Crippen LogP contribution is 2.41. The summed E-state index contributed by atoms with van der Waals surface area (Å²) in [5.41, 5.74) is 5.31. The topological polar surface area (TPSA) is 65.1 Å². The summed E-state index contributed by atoms with van der Waals surface area (Å²) < 4.78 is 0. The van der Waals surface area contributed by atoms with E-state index >= 15 is 0 Å². The Kier molecular flexibility index (Phi) is 3.79. The number of carbonyl (C=O) groups is 1. The number of hydrogen-bond donors (Lipinski definition) is 3. The van der Waals surface area contributed by atoms with Crippen LogP contribution >= 0.6 is 0 Å². The Morgan fingerprint density at radius 3 is 2.54 bits per heavy atom. The molecule has 3 N–H and O–H groups in total. The van der Waals surface area contributed by atoms with E-state index < -0.39 is 5.97 Å². The van der Waals surface area contributed by atoms with E-state index in [1.165, 1.54) is 5.69 Å². The summed E-state index contributed by atoms with van der Waals surface area (Å²) >= 11 is 0. The SMILES string of the molecule is CC(C)(C)c1cc2cc(Nc3ccc(C4CC4)cc3C(=O)O)ccc2[nH]1. The Morgan fingerprint density at radius 1 is 1.12 bits per heavy atom. The average Bonchev–Trinajstić information content (AvgIpc) is 3.32. The number of anilines is 2. The molecule has 0 amide bonds. The first-order valence-corrected chi connectivity index (χ1v) is 9.09. The molecule has 4 nitrogen and oxygen atoms in total. The van der Waals surface area contributed by atoms with Crippen LogP contribution in [0, 0.1) is 0 Å². The van der Waals surface area contributed by atoms with Crippen molar-refractivity contribution in [2.24, 2.45) is 0 Å². The lowest BCUT2D eigenvalue weighted by atomic mass is 9.92. The molecule has 1 fully saturated rings. The molecule has 1 heterocycles. The third-order valence-electron chi connectivity index (χ3n) is 5.03. The normalized spacial score (nSPS) is 14.6. The predicted molar refractivity (Wildman–Crippen MR) is 106 cm³/mol. The highest BCUT2D eigenvalue weighted by molar-refractivity contribution is 5.96. The summed E-state index contributed by atoms with van der Waals surface area (Å²) in [6.45, 7) is 6.53. The summed E-state index contributed by atoms with van der Waals surface area (Å²) in [5, 5.41) is 14.0. The first kappa shape index (κ1) is 16.7. The standard InChI is InChI=1S/C22H24N2O2/c1-22(2,3)20-12-15-10-16(7-9-18(15)24-20)23-19-8-6-14(13-4-5-13)11-17(19)21(25)26/h6-13,23-24H,4-5H2,1-3H3,(H,25,26). The molecule has 26 heavy (non-hydrogen) atoms. The Bertz CT molecular complexity index is 991. The smallest absolute Gasteiger partial charge is 0.337 e. The van der Waals surface area contributed by atoms with Crippen LogP contribution in [0.5, 0.6) is 0 Å². The van der Waals surface area contributed by atoms with Crippen molar-refractivity contribution in [2.45, 2.75) is 44.9 Å². The van der Waals surface area contributed by atoms with Crippen molar-refractivity contribution in [3.8, 4) is 0 Å². The zero-order chi connectivity index (χ0) is 18.5. The maximum Gasteiger partial charge on any atom is 0.337 e. The Balaban J connectivity index is 1.67. The molecule has 0 atom stereocenters. The molecule has 1 aromatic heterocycles. The molecule has 0 bridgehead atoms. The third-order valence-corrected chi connectivity index (χ3v) is 5.03. The van der Waals surface area contributed by atoms with Crippen LogP contribution in [0.1, 0.15) is 61.1 Å². The van der Waals surface area contributed by atoms with Crippen molar-refractivity contribution in [1.82, 2.24) is 4.98 Å². The second-order valence-electron chi connectivity index (χ2n) is 8.24. The molecule has 0 unspecified atom stereocenters. The Morgan fingerprint density at radius 2 is 1.88 bits per heavy atom. The van der Waals surface area contributed by atoms with E-state index in [1.54, 1.807) is 0 Å². The number of aromatic amines is 1. The van der Waals surface area contributed by atoms with Gasteiger partial charge in [0, 0.05) is 27.7 Å². The van der Waals surface area contributed by atoms with E-state index in [-0.39, 0.29) is 5.41 Å². The minimum atomic E-state index is -0.896. The number of aromatic carboxylic acids is 1. The minimum absolute atomic E-state index is 0.0573. The van der Waals surface area contributed by atoms with Gasteiger partial charge in [-0.3, -0.25) is 0 Å². The largest absolute Gasteiger partial charge is 0.478 e. The molecule has 3 aromatic rings. The van der Waals surface area contributed by atoms with Crippen LogP contribution in [0.4, 0.5) is 11.4 Å². The molecule has 1 aliphatic carbocycles. The molecular formula is C22H24N2O2. The number of carboxylic acids is 1. The zero-order valence-corrected chi connectivity index (χ0v) is 15.4. The fourth-order valence-electron chi connectivity index (χ4n) is 3.29. The Hall–Kier alpha value is -2.75. The summed E-state index contributed by atoms with van der Waals surface area (Å²) in [6.07, 6.45) is 2.32. The molecule has 134 valence electrons. The van der Waals surface area contributed by atoms with Crippen molar-refractivity contribution in [3.63, 3.8) is 0 Å². The van der Waals surface area contributed by atoms with E-state index in [1.807, 2.05) is 30.3 Å². The second-order valence-corrected chi connectivity index (χ2v) is 8.24. The number of benzene rings is 2. The molecule has 4 heteroatoms. The first-order valence-electron chi connectivity index (χ1n) is 9.09. The number of nitrogens with one attached hydrogen (secondary N) is 2. The highest BCUT2D eigenvalue weighted by Gasteiger charge is 2.25. The van der Waals surface area contributed by atoms with Gasteiger partial charge in [0.15, 0.2) is 0 Å². The molecule has 1 aliphatic rings. The van der Waals surface area contributed by atoms with Crippen LogP contribution in [-0.4, -0.2) is 16.1 Å². The summed E-state index contributed by atoms with van der Waals surface area (Å²) in [5.74, 6) is -0.359. The maximum atomic E-state index is 11.7. The van der Waals surface area contributed by atoms with Gasteiger partial charge in [0.2, 0.25) is 0 Å². The van der Waals surface area contributed by atoms with Crippen LogP contribution in [0.3, 0.4) is 0 Å². The lowest BCUT2D eigenvalue weighted by Gasteiger charge is -2.15. The van der Waals surface area contributed by atoms with Gasteiger partial charge in [-0.1, -0.05) is 26.8 Å². The van der Waals surface area contributed by atoms with Crippen molar-refractivity contribution in [2.75, 3.05) is 5.32 Å². The van der Waals surface area contributed by atoms with Gasteiger partial charge in [-0.15, -0.1) is 0 Å². The summed E-state index contributed by atoms with van der Waals surface area (Å²) in [4.78, 5) is 15.1. The number of fused-ring (bicyclic) bond motifs is 1. The fourth-order valence-corrected chi connectivity index (χ4v) is 3.29. The van der Waals surface area contributed by atoms with Gasteiger partial charge in [0.1, 0.15) is 0 Å². The lowest BCUT2D eigenvalue weighted by Crippen LogP contribution is -2.10. The van der Waals surface area contributed by atoms with Crippen LogP contribution in [-0.2, 0) is 5.41 Å². The molecule has 0 aliphatic heterocycles. The van der Waals surface area contributed by atoms with Gasteiger partial charge in [-0.05, 0) is 60.7 Å². The molecule has 0 radical (unpaired) electrons. The average molecular weight is 348 g/mol. The molecule has 0 spiro atoms. The number of carboxylic acid groups (broad SMARTS) is 1. The van der Waals surface area contributed by atoms with Crippen LogP contribution in [0.15, 0.2) is 42.5 Å². The second kappa shape index (κ2) is 5.90. The van der Waals surface area contributed by atoms with Crippen LogP contribution in [0.25, 0.3) is 10.9 Å². The van der Waals surface area contributed by atoms with Gasteiger partial charge in [0.25, 0.3) is 0 Å². The quantitative estimate of drug-likeness (QED) is 0.559. The van der Waals surface area contributed by atoms with Crippen molar-refractivity contribution < 1.29 is 9.90 Å². The lowest BCUT2D eigenvalue weighted by molar-refractivity contribution is 0.0698. The first-order chi connectivity index (χ1) is 12.3. The van der Waals surface area contributed by atoms with Crippen LogP contribution in [0.2, 0.25) is 0 Å².